The molecule has 0 aliphatic rings. The van der Waals surface area contributed by atoms with Gasteiger partial charge in [0.25, 0.3) is 0 Å². The Kier molecular flexibility index (Phi) is 7.28. The predicted octanol–water partition coefficient (Wildman–Crippen LogP) is 4.18. The van der Waals surface area contributed by atoms with Crippen molar-refractivity contribution in [2.24, 2.45) is 0 Å². The van der Waals surface area contributed by atoms with Gasteiger partial charge in [-0.2, -0.15) is 26.3 Å². The molecule has 1 N–H and O–H groups in total. The highest BCUT2D eigenvalue weighted by Crippen LogP contribution is 2.32. The van der Waals surface area contributed by atoms with Crippen molar-refractivity contribution >= 4 is 11.6 Å². The summed E-state index contributed by atoms with van der Waals surface area (Å²) in [5.41, 5.74) is -1.18. The zero-order chi connectivity index (χ0) is 19.3. The molecule has 1 rings (SSSR count). The Balaban J connectivity index is 3.15. The summed E-state index contributed by atoms with van der Waals surface area (Å²) in [5.74, 6) is -0.651. The number of hydrogen-bond acceptors (Lipinski definition) is 2. The highest BCUT2D eigenvalue weighted by molar-refractivity contribution is 5.93. The minimum atomic E-state index is -4.60. The number of rotatable bonds is 7. The van der Waals surface area contributed by atoms with E-state index in [9.17, 15) is 31.1 Å². The first-order valence-electron chi connectivity index (χ1n) is 7.71. The van der Waals surface area contributed by atoms with Crippen molar-refractivity contribution < 1.29 is 31.1 Å². The molecular formula is C16H20F6N2O. The topological polar surface area (TPSA) is 32.3 Å². The molecule has 9 heteroatoms. The minimum absolute atomic E-state index is 0.112. The van der Waals surface area contributed by atoms with Gasteiger partial charge in [-0.15, -0.1) is 0 Å². The Morgan fingerprint density at radius 1 is 0.960 bits per heavy atom. The summed E-state index contributed by atoms with van der Waals surface area (Å²) in [4.78, 5) is 13.8. The molecule has 0 aliphatic carbocycles. The molecule has 0 radical (unpaired) electrons. The van der Waals surface area contributed by atoms with Crippen LogP contribution in [0.3, 0.4) is 0 Å². The Morgan fingerprint density at radius 3 is 1.76 bits per heavy atom. The monoisotopic (exact) mass is 370 g/mol. The number of nitrogens with one attached hydrogen (secondary N) is 1. The average Bonchev–Trinajstić information content (AvgIpc) is 2.45. The smallest absolute Gasteiger partial charge is 0.324 e. The van der Waals surface area contributed by atoms with Crippen LogP contribution in [0.4, 0.5) is 32.0 Å². The van der Waals surface area contributed by atoms with E-state index in [-0.39, 0.29) is 17.7 Å². The van der Waals surface area contributed by atoms with Gasteiger partial charge in [0.1, 0.15) is 0 Å². The second-order valence-corrected chi connectivity index (χ2v) is 5.54. The fourth-order valence-electron chi connectivity index (χ4n) is 2.37. The third-order valence-corrected chi connectivity index (χ3v) is 3.54. The Labute approximate surface area is 142 Å². The molecule has 0 saturated heterocycles. The van der Waals surface area contributed by atoms with Crippen LogP contribution in [0.15, 0.2) is 18.2 Å². The number of likely N-dealkylation sites (N-methyl/N-ethyl adjacent to an activating group) is 1. The second kappa shape index (κ2) is 8.55. The van der Waals surface area contributed by atoms with Crippen molar-refractivity contribution in [1.82, 2.24) is 4.90 Å². The SMILES string of the molecule is CCN(CC)CC(=O)Nc1c(CC(F)(F)F)cccc1CC(F)(F)F. The Morgan fingerprint density at radius 2 is 1.40 bits per heavy atom. The molecule has 0 saturated carbocycles. The van der Waals surface area contributed by atoms with E-state index in [1.807, 2.05) is 0 Å². The van der Waals surface area contributed by atoms with Crippen LogP contribution in [-0.4, -0.2) is 42.8 Å². The Hall–Kier alpha value is -1.77. The summed E-state index contributed by atoms with van der Waals surface area (Å²) in [7, 11) is 0. The highest BCUT2D eigenvalue weighted by Gasteiger charge is 2.33. The molecule has 1 aromatic carbocycles. The van der Waals surface area contributed by atoms with Gasteiger partial charge in [0.15, 0.2) is 0 Å². The number of halogens is 6. The number of carbonyl (C=O) groups excluding carboxylic acids is 1. The maximum Gasteiger partial charge on any atom is 0.393 e. The molecule has 0 fully saturated rings. The largest absolute Gasteiger partial charge is 0.393 e. The molecule has 0 spiro atoms. The fraction of sp³-hybridized carbons (Fsp3) is 0.562. The normalized spacial score (nSPS) is 12.5. The van der Waals surface area contributed by atoms with Crippen LogP contribution < -0.4 is 5.32 Å². The van der Waals surface area contributed by atoms with Gasteiger partial charge in [-0.25, -0.2) is 0 Å². The van der Waals surface area contributed by atoms with Gasteiger partial charge in [0.05, 0.1) is 19.4 Å². The molecule has 0 aliphatic heterocycles. The lowest BCUT2D eigenvalue weighted by Gasteiger charge is -2.21. The molecule has 142 valence electrons. The fourth-order valence-corrected chi connectivity index (χ4v) is 2.37. The molecule has 0 unspecified atom stereocenters. The van der Waals surface area contributed by atoms with Crippen LogP contribution in [0.1, 0.15) is 25.0 Å². The summed E-state index contributed by atoms with van der Waals surface area (Å²) in [5, 5.41) is 2.24. The van der Waals surface area contributed by atoms with E-state index in [0.29, 0.717) is 13.1 Å². The lowest BCUT2D eigenvalue weighted by atomic mass is 10.0. The maximum atomic E-state index is 12.7. The van der Waals surface area contributed by atoms with Crippen molar-refractivity contribution in [1.29, 1.82) is 0 Å². The highest BCUT2D eigenvalue weighted by atomic mass is 19.4. The lowest BCUT2D eigenvalue weighted by Crippen LogP contribution is -2.33. The van der Waals surface area contributed by atoms with Gasteiger partial charge in [0.2, 0.25) is 5.91 Å². The van der Waals surface area contributed by atoms with Gasteiger partial charge < -0.3 is 5.32 Å². The molecule has 0 aromatic heterocycles. The second-order valence-electron chi connectivity index (χ2n) is 5.54. The van der Waals surface area contributed by atoms with Crippen molar-refractivity contribution in [3.05, 3.63) is 29.3 Å². The van der Waals surface area contributed by atoms with Crippen molar-refractivity contribution in [2.45, 2.75) is 39.0 Å². The summed E-state index contributed by atoms with van der Waals surface area (Å²) in [6.45, 7) is 4.54. The summed E-state index contributed by atoms with van der Waals surface area (Å²) >= 11 is 0. The van der Waals surface area contributed by atoms with Crippen molar-refractivity contribution in [2.75, 3.05) is 25.0 Å². The molecule has 0 atom stereocenters. The van der Waals surface area contributed by atoms with Crippen LogP contribution in [-0.2, 0) is 17.6 Å². The quantitative estimate of drug-likeness (QED) is 0.731. The first-order chi connectivity index (χ1) is 11.4. The van der Waals surface area contributed by atoms with Crippen LogP contribution >= 0.6 is 0 Å². The van der Waals surface area contributed by atoms with Crippen LogP contribution in [0.5, 0.6) is 0 Å². The molecule has 0 heterocycles. The van der Waals surface area contributed by atoms with Crippen molar-refractivity contribution in [3.8, 4) is 0 Å². The van der Waals surface area contributed by atoms with E-state index in [2.05, 4.69) is 5.32 Å². The number of nitrogens with zero attached hydrogens (tertiary/aromatic N) is 1. The molecular weight excluding hydrogens is 350 g/mol. The molecule has 3 nitrogen and oxygen atoms in total. The van der Waals surface area contributed by atoms with Crippen LogP contribution in [0.2, 0.25) is 0 Å². The van der Waals surface area contributed by atoms with Gasteiger partial charge in [-0.3, -0.25) is 9.69 Å². The number of anilines is 1. The molecule has 1 amide bonds. The van der Waals surface area contributed by atoms with Gasteiger partial charge in [-0.05, 0) is 24.2 Å². The van der Waals surface area contributed by atoms with Crippen LogP contribution in [0.25, 0.3) is 0 Å². The van der Waals surface area contributed by atoms with E-state index in [4.69, 9.17) is 0 Å². The van der Waals surface area contributed by atoms with Gasteiger partial charge in [0, 0.05) is 5.69 Å². The maximum absolute atomic E-state index is 12.7. The zero-order valence-corrected chi connectivity index (χ0v) is 13.9. The Bertz CT molecular complexity index is 545. The van der Waals surface area contributed by atoms with Gasteiger partial charge in [-0.1, -0.05) is 32.0 Å². The number of carbonyl (C=O) groups is 1. The third-order valence-electron chi connectivity index (χ3n) is 3.54. The number of para-hydroxylation sites is 1. The molecule has 1 aromatic rings. The molecule has 0 bridgehead atoms. The van der Waals surface area contributed by atoms with Crippen LogP contribution in [0, 0.1) is 0 Å². The van der Waals surface area contributed by atoms with E-state index in [1.54, 1.807) is 18.7 Å². The third kappa shape index (κ3) is 7.76. The van der Waals surface area contributed by atoms with E-state index in [1.165, 1.54) is 0 Å². The summed E-state index contributed by atoms with van der Waals surface area (Å²) in [6, 6.07) is 3.27. The predicted molar refractivity (Wildman–Crippen MR) is 82.4 cm³/mol. The van der Waals surface area contributed by atoms with Gasteiger partial charge >= 0.3 is 12.4 Å². The van der Waals surface area contributed by atoms with E-state index >= 15 is 0 Å². The first kappa shape index (κ1) is 21.3. The van der Waals surface area contributed by atoms with E-state index < -0.39 is 36.8 Å². The van der Waals surface area contributed by atoms with Crippen molar-refractivity contribution in [3.63, 3.8) is 0 Å². The van der Waals surface area contributed by atoms with E-state index in [0.717, 1.165) is 18.2 Å². The average molecular weight is 370 g/mol. The zero-order valence-electron chi connectivity index (χ0n) is 13.9. The number of hydrogen-bond donors (Lipinski definition) is 1. The standard InChI is InChI=1S/C16H20F6N2O/c1-3-24(4-2)10-13(25)23-14-11(8-15(17,18)19)6-5-7-12(14)9-16(20,21)22/h5-7H,3-4,8-10H2,1-2H3,(H,23,25). The summed E-state index contributed by atoms with van der Waals surface area (Å²) in [6.07, 6.45) is -12.0. The summed E-state index contributed by atoms with van der Waals surface area (Å²) < 4.78 is 76.2. The first-order valence-corrected chi connectivity index (χ1v) is 7.71. The minimum Gasteiger partial charge on any atom is -0.324 e. The number of amides is 1. The lowest BCUT2D eigenvalue weighted by molar-refractivity contribution is -0.127. The number of alkyl halides is 6. The number of benzene rings is 1. The molecule has 25 heavy (non-hydrogen) atoms.